The molecule has 1 saturated carbocycles. The maximum absolute atomic E-state index is 12.0. The third-order valence-electron chi connectivity index (χ3n) is 3.83. The molecule has 3 rings (SSSR count). The molecular weight excluding hydrogens is 239 g/mol. The lowest BCUT2D eigenvalue weighted by Gasteiger charge is -2.12. The average Bonchev–Trinajstić information content (AvgIpc) is 3.18. The van der Waals surface area contributed by atoms with Crippen LogP contribution in [-0.2, 0) is 13.5 Å². The van der Waals surface area contributed by atoms with Gasteiger partial charge in [0, 0.05) is 7.05 Å². The van der Waals surface area contributed by atoms with E-state index in [1.54, 1.807) is 7.05 Å². The van der Waals surface area contributed by atoms with Gasteiger partial charge in [-0.1, -0.05) is 24.0 Å². The van der Waals surface area contributed by atoms with Crippen molar-refractivity contribution in [2.24, 2.45) is 7.05 Å². The predicted molar refractivity (Wildman–Crippen MR) is 76.1 cm³/mol. The van der Waals surface area contributed by atoms with E-state index in [1.807, 2.05) is 0 Å². The highest BCUT2D eigenvalue weighted by Crippen LogP contribution is 2.42. The van der Waals surface area contributed by atoms with E-state index in [0.717, 1.165) is 12.1 Å². The highest BCUT2D eigenvalue weighted by molar-refractivity contribution is 6.33. The Morgan fingerprint density at radius 3 is 2.63 bits per heavy atom. The zero-order chi connectivity index (χ0) is 13.6. The first-order valence-electron chi connectivity index (χ1n) is 6.74. The van der Waals surface area contributed by atoms with Gasteiger partial charge in [0.05, 0.1) is 5.69 Å². The molecule has 0 bridgehead atoms. The Kier molecular flexibility index (Phi) is 2.80. The minimum atomic E-state index is -0.187. The molecule has 0 unspecified atom stereocenters. The molecule has 0 aliphatic heterocycles. The zero-order valence-electron chi connectivity index (χ0n) is 11.6. The number of nitrogens with zero attached hydrogens (tertiary/aromatic N) is 4. The van der Waals surface area contributed by atoms with Crippen LogP contribution in [0.4, 0.5) is 0 Å². The van der Waals surface area contributed by atoms with Crippen LogP contribution >= 0.6 is 0 Å². The molecule has 19 heavy (non-hydrogen) atoms. The van der Waals surface area contributed by atoms with Gasteiger partial charge in [0.15, 0.2) is 0 Å². The van der Waals surface area contributed by atoms with E-state index in [0.29, 0.717) is 5.92 Å². The predicted octanol–water partition coefficient (Wildman–Crippen LogP) is -0.336. The third kappa shape index (κ3) is 2.01. The minimum Gasteiger partial charge on any atom is -0.244 e. The summed E-state index contributed by atoms with van der Waals surface area (Å²) in [6.07, 6.45) is 3.36. The van der Waals surface area contributed by atoms with Crippen molar-refractivity contribution < 1.29 is 0 Å². The molecular formula is C13H17BN4O. The second kappa shape index (κ2) is 4.37. The summed E-state index contributed by atoms with van der Waals surface area (Å²) in [6.45, 7) is 2.13. The first kappa shape index (κ1) is 12.2. The fraction of sp³-hybridized carbons (Fsp3) is 0.462. The van der Waals surface area contributed by atoms with Crippen LogP contribution in [0, 0.1) is 0 Å². The SMILES string of the molecule is Bc1cc(C2CC2)c(-n2nnn(C)c2=O)cc1CC. The first-order chi connectivity index (χ1) is 9.11. The quantitative estimate of drug-likeness (QED) is 0.706. The van der Waals surface area contributed by atoms with Gasteiger partial charge in [-0.25, -0.2) is 4.79 Å². The molecule has 1 aliphatic rings. The fourth-order valence-corrected chi connectivity index (χ4v) is 2.51. The molecule has 5 nitrogen and oxygen atoms in total. The Balaban J connectivity index is 2.23. The minimum absolute atomic E-state index is 0.187. The lowest BCUT2D eigenvalue weighted by Crippen LogP contribution is -2.24. The van der Waals surface area contributed by atoms with Crippen LogP contribution in [0.2, 0.25) is 0 Å². The zero-order valence-corrected chi connectivity index (χ0v) is 11.6. The van der Waals surface area contributed by atoms with E-state index in [-0.39, 0.29) is 5.69 Å². The Hall–Kier alpha value is -1.85. The number of hydrogen-bond donors (Lipinski definition) is 0. The smallest absolute Gasteiger partial charge is 0.244 e. The number of aryl methyl sites for hydroxylation is 2. The molecule has 1 heterocycles. The van der Waals surface area contributed by atoms with Crippen molar-refractivity contribution in [3.05, 3.63) is 33.7 Å². The number of aromatic nitrogens is 4. The van der Waals surface area contributed by atoms with Gasteiger partial charge >= 0.3 is 5.69 Å². The Bertz CT molecular complexity index is 684. The van der Waals surface area contributed by atoms with E-state index in [4.69, 9.17) is 0 Å². The van der Waals surface area contributed by atoms with E-state index in [2.05, 4.69) is 37.3 Å². The summed E-state index contributed by atoms with van der Waals surface area (Å²) in [5, 5.41) is 7.79. The van der Waals surface area contributed by atoms with Gasteiger partial charge in [0.2, 0.25) is 0 Å². The van der Waals surface area contributed by atoms with Crippen LogP contribution in [0.15, 0.2) is 16.9 Å². The highest BCUT2D eigenvalue weighted by Gasteiger charge is 2.28. The van der Waals surface area contributed by atoms with Crippen LogP contribution in [0.5, 0.6) is 0 Å². The number of rotatable bonds is 3. The third-order valence-corrected chi connectivity index (χ3v) is 3.83. The van der Waals surface area contributed by atoms with Crippen LogP contribution in [-0.4, -0.2) is 27.6 Å². The van der Waals surface area contributed by atoms with Crippen LogP contribution in [0.1, 0.15) is 36.8 Å². The van der Waals surface area contributed by atoms with E-state index in [9.17, 15) is 4.79 Å². The summed E-state index contributed by atoms with van der Waals surface area (Å²) in [5.41, 5.74) is 4.51. The summed E-state index contributed by atoms with van der Waals surface area (Å²) >= 11 is 0. The van der Waals surface area contributed by atoms with Crippen molar-refractivity contribution in [1.29, 1.82) is 0 Å². The van der Waals surface area contributed by atoms with E-state index in [1.165, 1.54) is 38.8 Å². The number of hydrogen-bond acceptors (Lipinski definition) is 3. The van der Waals surface area contributed by atoms with Crippen molar-refractivity contribution in [1.82, 2.24) is 19.8 Å². The average molecular weight is 256 g/mol. The fourth-order valence-electron chi connectivity index (χ4n) is 2.51. The lowest BCUT2D eigenvalue weighted by atomic mass is 9.86. The molecule has 1 aliphatic carbocycles. The lowest BCUT2D eigenvalue weighted by molar-refractivity contribution is 0.692. The summed E-state index contributed by atoms with van der Waals surface area (Å²) in [6, 6.07) is 4.31. The summed E-state index contributed by atoms with van der Waals surface area (Å²) in [5.74, 6) is 0.577. The van der Waals surface area contributed by atoms with E-state index >= 15 is 0 Å². The molecule has 1 aromatic carbocycles. The molecule has 0 spiro atoms. The number of benzene rings is 1. The molecule has 1 fully saturated rings. The van der Waals surface area contributed by atoms with Gasteiger partial charge in [-0.15, -0.1) is 0 Å². The Morgan fingerprint density at radius 1 is 1.37 bits per heavy atom. The molecule has 2 aromatic rings. The van der Waals surface area contributed by atoms with Gasteiger partial charge in [-0.05, 0) is 47.2 Å². The van der Waals surface area contributed by atoms with E-state index < -0.39 is 0 Å². The van der Waals surface area contributed by atoms with Gasteiger partial charge in [0.25, 0.3) is 0 Å². The first-order valence-corrected chi connectivity index (χ1v) is 6.74. The largest absolute Gasteiger partial charge is 0.368 e. The second-order valence-electron chi connectivity index (χ2n) is 5.26. The molecule has 98 valence electrons. The maximum atomic E-state index is 12.0. The molecule has 0 saturated heterocycles. The molecule has 0 amide bonds. The molecule has 0 atom stereocenters. The summed E-state index contributed by atoms with van der Waals surface area (Å²) in [7, 11) is 3.76. The maximum Gasteiger partial charge on any atom is 0.368 e. The standard InChI is InChI=1S/C13H17BN4O/c1-3-8-6-12(18-13(19)17(2)15-16-18)10(7-11(8)14)9-4-5-9/h6-7,9H,3-5,14H2,1-2H3. The van der Waals surface area contributed by atoms with Crippen LogP contribution in [0.25, 0.3) is 5.69 Å². The van der Waals surface area contributed by atoms with Crippen molar-refractivity contribution in [3.8, 4) is 5.69 Å². The Morgan fingerprint density at radius 2 is 2.11 bits per heavy atom. The van der Waals surface area contributed by atoms with Crippen molar-refractivity contribution in [2.45, 2.75) is 32.1 Å². The van der Waals surface area contributed by atoms with Gasteiger partial charge in [0.1, 0.15) is 7.85 Å². The van der Waals surface area contributed by atoms with Crippen molar-refractivity contribution >= 4 is 13.3 Å². The Labute approximate surface area is 112 Å². The van der Waals surface area contributed by atoms with Crippen molar-refractivity contribution in [2.75, 3.05) is 0 Å². The van der Waals surface area contributed by atoms with Gasteiger partial charge in [-0.3, -0.25) is 0 Å². The second-order valence-corrected chi connectivity index (χ2v) is 5.26. The normalized spacial score (nSPS) is 14.8. The van der Waals surface area contributed by atoms with Crippen molar-refractivity contribution in [3.63, 3.8) is 0 Å². The highest BCUT2D eigenvalue weighted by atomic mass is 16.2. The van der Waals surface area contributed by atoms with Crippen LogP contribution in [0.3, 0.4) is 0 Å². The monoisotopic (exact) mass is 256 g/mol. The molecule has 0 radical (unpaired) electrons. The molecule has 6 heteroatoms. The van der Waals surface area contributed by atoms with Crippen LogP contribution < -0.4 is 11.2 Å². The topological polar surface area (TPSA) is 52.7 Å². The number of tetrazole rings is 1. The summed E-state index contributed by atoms with van der Waals surface area (Å²) < 4.78 is 2.69. The molecule has 0 N–H and O–H groups in total. The van der Waals surface area contributed by atoms with Gasteiger partial charge < -0.3 is 0 Å². The summed E-state index contributed by atoms with van der Waals surface area (Å²) in [4.78, 5) is 12.0. The van der Waals surface area contributed by atoms with Gasteiger partial charge in [-0.2, -0.15) is 9.36 Å². The molecule has 1 aromatic heterocycles.